The molecule has 5 nitrogen and oxygen atoms in total. The van der Waals surface area contributed by atoms with Gasteiger partial charge in [0.2, 0.25) is 0 Å². The molecule has 0 saturated carbocycles. The Morgan fingerprint density at radius 3 is 2.76 bits per heavy atom. The fraction of sp³-hybridized carbons (Fsp3) is 0.231. The van der Waals surface area contributed by atoms with Crippen LogP contribution in [0.15, 0.2) is 70.8 Å². The minimum atomic E-state index is -0.240. The summed E-state index contributed by atoms with van der Waals surface area (Å²) in [6.07, 6.45) is 1.00. The third kappa shape index (κ3) is 4.34. The number of halogens is 1. The van der Waals surface area contributed by atoms with Crippen molar-refractivity contribution in [2.45, 2.75) is 19.0 Å². The van der Waals surface area contributed by atoms with Crippen molar-refractivity contribution in [2.24, 2.45) is 7.05 Å². The molecule has 0 saturated heterocycles. The molecule has 1 aliphatic heterocycles. The van der Waals surface area contributed by atoms with Crippen molar-refractivity contribution in [1.29, 1.82) is 0 Å². The lowest BCUT2D eigenvalue weighted by atomic mass is 10.0. The maximum absolute atomic E-state index is 13.3. The molecule has 0 bridgehead atoms. The highest BCUT2D eigenvalue weighted by atomic mass is 35.5. The summed E-state index contributed by atoms with van der Waals surface area (Å²) in [5.41, 5.74) is 3.41. The van der Waals surface area contributed by atoms with Gasteiger partial charge in [0.1, 0.15) is 0 Å². The Hall–Kier alpha value is -2.93. The Kier molecular flexibility index (Phi) is 6.06. The van der Waals surface area contributed by atoms with Gasteiger partial charge in [-0.05, 0) is 47.2 Å². The molecule has 1 unspecified atom stereocenters. The molecular weight excluding hydrogens is 454 g/mol. The Labute approximate surface area is 201 Å². The van der Waals surface area contributed by atoms with Crippen molar-refractivity contribution in [3.05, 3.63) is 103 Å². The highest BCUT2D eigenvalue weighted by molar-refractivity contribution is 7.10. The van der Waals surface area contributed by atoms with Gasteiger partial charge in [0.25, 0.3) is 11.5 Å². The largest absolute Gasteiger partial charge is 0.350 e. The lowest BCUT2D eigenvalue weighted by Gasteiger charge is -2.35. The number of nitrogens with zero attached hydrogens (tertiary/aromatic N) is 2. The molecule has 0 aliphatic carbocycles. The highest BCUT2D eigenvalue weighted by Gasteiger charge is 2.26. The third-order valence-corrected chi connectivity index (χ3v) is 7.66. The molecule has 7 heteroatoms. The molecule has 1 amide bonds. The minimum Gasteiger partial charge on any atom is -0.350 e. The number of fused-ring (bicyclic) bond motifs is 2. The van der Waals surface area contributed by atoms with E-state index in [4.69, 9.17) is 11.6 Å². The number of amides is 1. The topological polar surface area (TPSA) is 54.3 Å². The maximum atomic E-state index is 13.3. The molecule has 5 rings (SSSR count). The van der Waals surface area contributed by atoms with Crippen molar-refractivity contribution < 1.29 is 4.79 Å². The number of para-hydroxylation sites is 1. The lowest BCUT2D eigenvalue weighted by molar-refractivity contribution is 0.0929. The number of aromatic nitrogens is 1. The first kappa shape index (κ1) is 21.9. The molecule has 0 radical (unpaired) electrons. The molecular formula is C26H24ClN3O2S. The summed E-state index contributed by atoms with van der Waals surface area (Å²) < 4.78 is 1.56. The predicted octanol–water partition coefficient (Wildman–Crippen LogP) is 4.78. The Balaban J connectivity index is 1.43. The monoisotopic (exact) mass is 477 g/mol. The van der Waals surface area contributed by atoms with Crippen molar-refractivity contribution >= 4 is 39.7 Å². The van der Waals surface area contributed by atoms with Crippen LogP contribution in [0.4, 0.5) is 0 Å². The Morgan fingerprint density at radius 1 is 1.15 bits per heavy atom. The number of nitrogens with one attached hydrogen (secondary N) is 1. The number of thiophene rings is 1. The number of carbonyl (C=O) groups excluding carboxylic acids is 1. The minimum absolute atomic E-state index is 0.00271. The van der Waals surface area contributed by atoms with Gasteiger partial charge in [-0.2, -0.15) is 0 Å². The van der Waals surface area contributed by atoms with Crippen LogP contribution in [0.25, 0.3) is 10.9 Å². The fourth-order valence-electron chi connectivity index (χ4n) is 4.56. The van der Waals surface area contributed by atoms with Crippen LogP contribution in [0.5, 0.6) is 0 Å². The molecule has 2 aromatic heterocycles. The molecule has 33 heavy (non-hydrogen) atoms. The molecule has 0 spiro atoms. The second-order valence-corrected chi connectivity index (χ2v) is 9.78. The Bertz CT molecular complexity index is 1380. The normalized spacial score (nSPS) is 14.7. The zero-order chi connectivity index (χ0) is 22.9. The van der Waals surface area contributed by atoms with Crippen molar-refractivity contribution in [1.82, 2.24) is 14.8 Å². The van der Waals surface area contributed by atoms with E-state index in [1.807, 2.05) is 59.9 Å². The highest BCUT2D eigenvalue weighted by Crippen LogP contribution is 2.31. The van der Waals surface area contributed by atoms with Gasteiger partial charge in [-0.15, -0.1) is 11.3 Å². The molecule has 2 aromatic carbocycles. The molecule has 1 aliphatic rings. The first-order valence-corrected chi connectivity index (χ1v) is 12.2. The van der Waals surface area contributed by atoms with E-state index >= 15 is 0 Å². The van der Waals surface area contributed by atoms with Crippen LogP contribution in [0, 0.1) is 0 Å². The number of benzene rings is 2. The SMILES string of the molecule is Cn1c(=O)cc(C(=O)NCC(c2ccc(Cl)cc2)N2CCc3sccc3C2)c2ccccc21. The first-order chi connectivity index (χ1) is 16.0. The quantitative estimate of drug-likeness (QED) is 0.450. The number of pyridine rings is 1. The summed E-state index contributed by atoms with van der Waals surface area (Å²) in [6, 6.07) is 18.9. The van der Waals surface area contributed by atoms with Crippen molar-refractivity contribution in [2.75, 3.05) is 13.1 Å². The first-order valence-electron chi connectivity index (χ1n) is 10.9. The van der Waals surface area contributed by atoms with Gasteiger partial charge in [-0.3, -0.25) is 14.5 Å². The summed E-state index contributed by atoms with van der Waals surface area (Å²) in [7, 11) is 1.72. The molecule has 168 valence electrons. The Morgan fingerprint density at radius 2 is 1.94 bits per heavy atom. The second kappa shape index (κ2) is 9.14. The average molecular weight is 478 g/mol. The zero-order valence-corrected chi connectivity index (χ0v) is 19.8. The summed E-state index contributed by atoms with van der Waals surface area (Å²) in [6.45, 7) is 2.20. The van der Waals surface area contributed by atoms with Crippen LogP contribution in [0.3, 0.4) is 0 Å². The fourth-order valence-corrected chi connectivity index (χ4v) is 5.58. The van der Waals surface area contributed by atoms with Crippen molar-refractivity contribution in [3.8, 4) is 0 Å². The van der Waals surface area contributed by atoms with E-state index < -0.39 is 0 Å². The van der Waals surface area contributed by atoms with Crippen LogP contribution < -0.4 is 10.9 Å². The van der Waals surface area contributed by atoms with E-state index in [9.17, 15) is 9.59 Å². The van der Waals surface area contributed by atoms with E-state index in [2.05, 4.69) is 21.7 Å². The lowest BCUT2D eigenvalue weighted by Crippen LogP contribution is -2.40. The standard InChI is InChI=1S/C26H24ClN3O2S/c1-29-22-5-3-2-4-20(22)21(14-25(29)31)26(32)28-15-23(17-6-8-19(27)9-7-17)30-12-10-24-18(16-30)11-13-33-24/h2-9,11,13-14,23H,10,12,15-16H2,1H3,(H,28,32). The van der Waals surface area contributed by atoms with Gasteiger partial charge in [-0.25, -0.2) is 0 Å². The summed E-state index contributed by atoms with van der Waals surface area (Å²) in [4.78, 5) is 29.6. The predicted molar refractivity (Wildman–Crippen MR) is 134 cm³/mol. The number of rotatable bonds is 5. The van der Waals surface area contributed by atoms with E-state index in [1.54, 1.807) is 11.6 Å². The number of aryl methyl sites for hydroxylation is 1. The number of carbonyl (C=O) groups is 1. The van der Waals surface area contributed by atoms with Crippen LogP contribution in [0.1, 0.15) is 32.4 Å². The molecule has 1 atom stereocenters. The smallest absolute Gasteiger partial charge is 0.252 e. The zero-order valence-electron chi connectivity index (χ0n) is 18.3. The second-order valence-electron chi connectivity index (χ2n) is 8.34. The van der Waals surface area contributed by atoms with E-state index in [-0.39, 0.29) is 17.5 Å². The number of hydrogen-bond donors (Lipinski definition) is 1. The van der Waals surface area contributed by atoms with Gasteiger partial charge in [0, 0.05) is 48.0 Å². The van der Waals surface area contributed by atoms with Crippen LogP contribution in [0.2, 0.25) is 5.02 Å². The maximum Gasteiger partial charge on any atom is 0.252 e. The van der Waals surface area contributed by atoms with Crippen LogP contribution in [-0.2, 0) is 20.0 Å². The van der Waals surface area contributed by atoms with Gasteiger partial charge in [0.15, 0.2) is 0 Å². The van der Waals surface area contributed by atoms with Gasteiger partial charge in [-0.1, -0.05) is 41.9 Å². The average Bonchev–Trinajstić information content (AvgIpc) is 3.30. The van der Waals surface area contributed by atoms with E-state index in [1.165, 1.54) is 16.5 Å². The molecule has 3 heterocycles. The third-order valence-electron chi connectivity index (χ3n) is 6.39. The van der Waals surface area contributed by atoms with E-state index in [0.29, 0.717) is 17.1 Å². The molecule has 4 aromatic rings. The van der Waals surface area contributed by atoms with Gasteiger partial charge >= 0.3 is 0 Å². The molecule has 1 N–H and O–H groups in total. The van der Waals surface area contributed by atoms with E-state index in [0.717, 1.165) is 36.0 Å². The molecule has 0 fully saturated rings. The number of hydrogen-bond acceptors (Lipinski definition) is 4. The summed E-state index contributed by atoms with van der Waals surface area (Å²) in [5, 5.41) is 6.71. The van der Waals surface area contributed by atoms with Gasteiger partial charge < -0.3 is 9.88 Å². The van der Waals surface area contributed by atoms with Crippen LogP contribution in [-0.4, -0.2) is 28.5 Å². The van der Waals surface area contributed by atoms with Crippen molar-refractivity contribution in [3.63, 3.8) is 0 Å². The summed E-state index contributed by atoms with van der Waals surface area (Å²) >= 11 is 7.94. The van der Waals surface area contributed by atoms with Gasteiger partial charge in [0.05, 0.1) is 17.1 Å². The van der Waals surface area contributed by atoms with Crippen LogP contribution >= 0.6 is 22.9 Å². The summed E-state index contributed by atoms with van der Waals surface area (Å²) in [5.74, 6) is -0.240.